The Morgan fingerprint density at radius 3 is 2.86 bits per heavy atom. The van der Waals surface area contributed by atoms with Gasteiger partial charge >= 0.3 is 0 Å². The number of aryl methyl sites for hydroxylation is 1. The van der Waals surface area contributed by atoms with Gasteiger partial charge in [-0.25, -0.2) is 4.98 Å². The Bertz CT molecular complexity index is 1030. The fourth-order valence-electron chi connectivity index (χ4n) is 5.34. The Balaban J connectivity index is 1.25. The lowest BCUT2D eigenvalue weighted by molar-refractivity contribution is -0.123. The zero-order chi connectivity index (χ0) is 19.3. The lowest BCUT2D eigenvalue weighted by Gasteiger charge is -2.20. The van der Waals surface area contributed by atoms with E-state index in [1.807, 2.05) is 0 Å². The summed E-state index contributed by atoms with van der Waals surface area (Å²) in [6.45, 7) is 0.702. The van der Waals surface area contributed by atoms with E-state index in [2.05, 4.69) is 15.8 Å². The van der Waals surface area contributed by atoms with Gasteiger partial charge in [-0.3, -0.25) is 29.8 Å². The first-order valence-electron chi connectivity index (χ1n) is 10.2. The fourth-order valence-corrected chi connectivity index (χ4v) is 5.34. The monoisotopic (exact) mass is 380 g/mol. The second-order valence-corrected chi connectivity index (χ2v) is 8.46. The van der Waals surface area contributed by atoms with E-state index >= 15 is 0 Å². The standard InChI is InChI=1S/C21H24N4O3/c26-19(11-15-9-12-3-4-13(15)8-12)23-24-20(27)14-5-6-16-17(10-14)22-18-2-1-7-25(18)21(16)28/h5-6,10,12-13,15H,1-4,7-9,11H2,(H,23,26)(H,24,27)/t12-,13-,15+/m0/s1. The van der Waals surface area contributed by atoms with Crippen LogP contribution in [0.3, 0.4) is 0 Å². The minimum absolute atomic E-state index is 0.0522. The van der Waals surface area contributed by atoms with E-state index in [9.17, 15) is 14.4 Å². The number of fused-ring (bicyclic) bond motifs is 4. The largest absolute Gasteiger partial charge is 0.296 e. The molecule has 1 aromatic heterocycles. The summed E-state index contributed by atoms with van der Waals surface area (Å²) in [5.74, 6) is 2.17. The van der Waals surface area contributed by atoms with Gasteiger partial charge in [0, 0.05) is 24.9 Å². The molecule has 2 amide bonds. The first-order chi connectivity index (χ1) is 13.6. The summed E-state index contributed by atoms with van der Waals surface area (Å²) in [5, 5.41) is 0.516. The van der Waals surface area contributed by atoms with Gasteiger partial charge in [0.1, 0.15) is 5.82 Å². The van der Waals surface area contributed by atoms with Crippen molar-refractivity contribution in [2.45, 2.75) is 51.5 Å². The van der Waals surface area contributed by atoms with Crippen molar-refractivity contribution in [3.8, 4) is 0 Å². The zero-order valence-corrected chi connectivity index (χ0v) is 15.7. The van der Waals surface area contributed by atoms with Crippen molar-refractivity contribution < 1.29 is 9.59 Å². The number of carbonyl (C=O) groups excluding carboxylic acids is 2. The van der Waals surface area contributed by atoms with Gasteiger partial charge in [-0.15, -0.1) is 0 Å². The molecular weight excluding hydrogens is 356 g/mol. The van der Waals surface area contributed by atoms with Gasteiger partial charge in [-0.05, 0) is 61.6 Å². The number of aromatic nitrogens is 2. The smallest absolute Gasteiger partial charge is 0.269 e. The van der Waals surface area contributed by atoms with Crippen LogP contribution in [-0.2, 0) is 17.8 Å². The van der Waals surface area contributed by atoms with E-state index in [1.165, 1.54) is 19.3 Å². The molecule has 2 N–H and O–H groups in total. The van der Waals surface area contributed by atoms with Crippen LogP contribution < -0.4 is 16.4 Å². The van der Waals surface area contributed by atoms with Crippen molar-refractivity contribution in [2.24, 2.45) is 17.8 Å². The molecule has 2 saturated carbocycles. The highest BCUT2D eigenvalue weighted by Crippen LogP contribution is 2.49. The highest BCUT2D eigenvalue weighted by molar-refractivity contribution is 5.98. The third-order valence-corrected chi connectivity index (χ3v) is 6.73. The molecule has 2 heterocycles. The van der Waals surface area contributed by atoms with Gasteiger partial charge in [0.15, 0.2) is 0 Å². The topological polar surface area (TPSA) is 93.1 Å². The first-order valence-corrected chi connectivity index (χ1v) is 10.2. The number of hydrazine groups is 1. The van der Waals surface area contributed by atoms with E-state index in [1.54, 1.807) is 22.8 Å². The van der Waals surface area contributed by atoms with Crippen LogP contribution in [0, 0.1) is 17.8 Å². The van der Waals surface area contributed by atoms with Gasteiger partial charge in [0.2, 0.25) is 5.91 Å². The molecule has 1 aromatic carbocycles. The normalized spacial score (nSPS) is 25.1. The molecule has 146 valence electrons. The Hall–Kier alpha value is -2.70. The van der Waals surface area contributed by atoms with Crippen molar-refractivity contribution >= 4 is 22.7 Å². The van der Waals surface area contributed by atoms with Gasteiger partial charge < -0.3 is 0 Å². The van der Waals surface area contributed by atoms with Crippen molar-refractivity contribution in [3.05, 3.63) is 39.9 Å². The maximum Gasteiger partial charge on any atom is 0.269 e. The molecule has 0 spiro atoms. The Kier molecular flexibility index (Phi) is 4.18. The number of hydrogen-bond donors (Lipinski definition) is 2. The summed E-state index contributed by atoms with van der Waals surface area (Å²) in [6.07, 6.45) is 7.12. The third kappa shape index (κ3) is 2.99. The average molecular weight is 380 g/mol. The van der Waals surface area contributed by atoms with E-state index in [0.29, 0.717) is 41.3 Å². The van der Waals surface area contributed by atoms with E-state index in [0.717, 1.165) is 31.0 Å². The van der Waals surface area contributed by atoms with Crippen LogP contribution in [0.5, 0.6) is 0 Å². The molecule has 3 atom stereocenters. The number of rotatable bonds is 3. The van der Waals surface area contributed by atoms with Crippen molar-refractivity contribution in [3.63, 3.8) is 0 Å². The molecule has 0 radical (unpaired) electrons. The average Bonchev–Trinajstić information content (AvgIpc) is 3.42. The zero-order valence-electron chi connectivity index (χ0n) is 15.7. The summed E-state index contributed by atoms with van der Waals surface area (Å²) in [7, 11) is 0. The number of hydrogen-bond acceptors (Lipinski definition) is 4. The summed E-state index contributed by atoms with van der Waals surface area (Å²) >= 11 is 0. The molecule has 3 aliphatic rings. The maximum atomic E-state index is 12.5. The number of nitrogens with zero attached hydrogens (tertiary/aromatic N) is 2. The van der Waals surface area contributed by atoms with Gasteiger partial charge in [0.25, 0.3) is 11.5 Å². The lowest BCUT2D eigenvalue weighted by atomic mass is 9.86. The summed E-state index contributed by atoms with van der Waals surface area (Å²) < 4.78 is 1.71. The molecule has 0 unspecified atom stereocenters. The highest BCUT2D eigenvalue weighted by Gasteiger charge is 2.40. The minimum atomic E-state index is -0.398. The molecule has 2 aliphatic carbocycles. The summed E-state index contributed by atoms with van der Waals surface area (Å²) in [6, 6.07) is 4.86. The van der Waals surface area contributed by atoms with Crippen molar-refractivity contribution in [1.82, 2.24) is 20.4 Å². The van der Waals surface area contributed by atoms with Crippen LogP contribution in [0.15, 0.2) is 23.0 Å². The Morgan fingerprint density at radius 2 is 2.07 bits per heavy atom. The summed E-state index contributed by atoms with van der Waals surface area (Å²) in [4.78, 5) is 41.7. The molecule has 28 heavy (non-hydrogen) atoms. The predicted molar refractivity (Wildman–Crippen MR) is 103 cm³/mol. The van der Waals surface area contributed by atoms with Crippen molar-refractivity contribution in [1.29, 1.82) is 0 Å². The number of nitrogens with one attached hydrogen (secondary N) is 2. The maximum absolute atomic E-state index is 12.5. The van der Waals surface area contributed by atoms with E-state index in [-0.39, 0.29) is 11.5 Å². The van der Waals surface area contributed by atoms with Crippen LogP contribution in [0.4, 0.5) is 0 Å². The van der Waals surface area contributed by atoms with Gasteiger partial charge in [-0.1, -0.05) is 6.42 Å². The second kappa shape index (κ2) is 6.72. The SMILES string of the molecule is O=C(C[C@H]1C[C@H]2CC[C@H]1C2)NNC(=O)c1ccc2c(=O)n3c(nc2c1)CCC3. The Labute approximate surface area is 162 Å². The van der Waals surface area contributed by atoms with Crippen LogP contribution in [0.25, 0.3) is 10.9 Å². The molecule has 7 nitrogen and oxygen atoms in total. The molecule has 7 heteroatoms. The van der Waals surface area contributed by atoms with E-state index < -0.39 is 5.91 Å². The van der Waals surface area contributed by atoms with Crippen LogP contribution in [0.1, 0.15) is 54.7 Å². The quantitative estimate of drug-likeness (QED) is 0.796. The summed E-state index contributed by atoms with van der Waals surface area (Å²) in [5.41, 5.74) is 5.89. The molecule has 0 saturated heterocycles. The lowest BCUT2D eigenvalue weighted by Crippen LogP contribution is -2.42. The molecule has 2 aromatic rings. The minimum Gasteiger partial charge on any atom is -0.296 e. The van der Waals surface area contributed by atoms with Crippen LogP contribution >= 0.6 is 0 Å². The first kappa shape index (κ1) is 17.4. The number of amides is 2. The number of benzene rings is 1. The van der Waals surface area contributed by atoms with Crippen molar-refractivity contribution in [2.75, 3.05) is 0 Å². The predicted octanol–water partition coefficient (Wildman–Crippen LogP) is 1.93. The van der Waals surface area contributed by atoms with Gasteiger partial charge in [-0.2, -0.15) is 0 Å². The molecule has 2 bridgehead atoms. The second-order valence-electron chi connectivity index (χ2n) is 8.46. The third-order valence-electron chi connectivity index (χ3n) is 6.73. The Morgan fingerprint density at radius 1 is 1.18 bits per heavy atom. The molecular formula is C21H24N4O3. The number of carbonyl (C=O) groups is 2. The van der Waals surface area contributed by atoms with Crippen LogP contribution in [0.2, 0.25) is 0 Å². The fraction of sp³-hybridized carbons (Fsp3) is 0.524. The molecule has 1 aliphatic heterocycles. The van der Waals surface area contributed by atoms with Gasteiger partial charge in [0.05, 0.1) is 10.9 Å². The van der Waals surface area contributed by atoms with E-state index in [4.69, 9.17) is 0 Å². The highest BCUT2D eigenvalue weighted by atomic mass is 16.2. The molecule has 2 fully saturated rings. The van der Waals surface area contributed by atoms with Crippen LogP contribution in [-0.4, -0.2) is 21.4 Å². The molecule has 5 rings (SSSR count).